The van der Waals surface area contributed by atoms with Crippen LogP contribution in [-0.4, -0.2) is 33.5 Å². The zero-order valence-corrected chi connectivity index (χ0v) is 14.0. The molecule has 3 heterocycles. The number of amides is 2. The number of carbonyl (C=O) groups excluding carboxylic acids is 2. The standard InChI is InChI=1S/C18H16FN5O2/c1-10-5-6-20-14(7-10)21-18(26)11-8-15(25)24(9-11)17-16-12(19)3-2-4-13(16)22-23-17/h2-7,11H,8-9H2,1H3,(H,22,23)(H,20,21,26). The van der Waals surface area contributed by atoms with Crippen molar-refractivity contribution in [3.63, 3.8) is 0 Å². The van der Waals surface area contributed by atoms with Gasteiger partial charge in [0.1, 0.15) is 11.6 Å². The molecule has 8 heteroatoms. The fraction of sp³-hybridized carbons (Fsp3) is 0.222. The van der Waals surface area contributed by atoms with Crippen LogP contribution >= 0.6 is 0 Å². The molecule has 132 valence electrons. The highest BCUT2D eigenvalue weighted by molar-refractivity contribution is 6.06. The molecule has 1 aromatic carbocycles. The van der Waals surface area contributed by atoms with Crippen molar-refractivity contribution < 1.29 is 14.0 Å². The zero-order chi connectivity index (χ0) is 18.3. The van der Waals surface area contributed by atoms with Crippen molar-refractivity contribution in [1.82, 2.24) is 15.2 Å². The molecule has 2 amide bonds. The lowest BCUT2D eigenvalue weighted by Gasteiger charge is -2.14. The van der Waals surface area contributed by atoms with Crippen LogP contribution < -0.4 is 10.2 Å². The molecule has 1 aliphatic rings. The second-order valence-corrected chi connectivity index (χ2v) is 6.32. The first kappa shape index (κ1) is 16.2. The van der Waals surface area contributed by atoms with Crippen LogP contribution in [0.1, 0.15) is 12.0 Å². The van der Waals surface area contributed by atoms with Crippen molar-refractivity contribution in [3.8, 4) is 0 Å². The quantitative estimate of drug-likeness (QED) is 0.756. The summed E-state index contributed by atoms with van der Waals surface area (Å²) in [6.07, 6.45) is 1.65. The van der Waals surface area contributed by atoms with Gasteiger partial charge in [-0.25, -0.2) is 9.37 Å². The van der Waals surface area contributed by atoms with Gasteiger partial charge in [-0.05, 0) is 36.8 Å². The minimum absolute atomic E-state index is 0.0421. The van der Waals surface area contributed by atoms with Gasteiger partial charge in [-0.1, -0.05) is 6.07 Å². The lowest BCUT2D eigenvalue weighted by Crippen LogP contribution is -2.28. The monoisotopic (exact) mass is 353 g/mol. The van der Waals surface area contributed by atoms with Gasteiger partial charge in [-0.15, -0.1) is 0 Å². The van der Waals surface area contributed by atoms with E-state index >= 15 is 0 Å². The van der Waals surface area contributed by atoms with Crippen LogP contribution in [0.2, 0.25) is 0 Å². The second kappa shape index (κ2) is 6.21. The predicted molar refractivity (Wildman–Crippen MR) is 94.1 cm³/mol. The summed E-state index contributed by atoms with van der Waals surface area (Å²) in [5.74, 6) is -0.915. The summed E-state index contributed by atoms with van der Waals surface area (Å²) in [6.45, 7) is 2.04. The lowest BCUT2D eigenvalue weighted by molar-refractivity contribution is -0.122. The van der Waals surface area contributed by atoms with Crippen molar-refractivity contribution in [1.29, 1.82) is 0 Å². The number of benzene rings is 1. The van der Waals surface area contributed by atoms with Gasteiger partial charge < -0.3 is 5.32 Å². The summed E-state index contributed by atoms with van der Waals surface area (Å²) in [7, 11) is 0. The number of H-pyrrole nitrogens is 1. The summed E-state index contributed by atoms with van der Waals surface area (Å²) in [5, 5.41) is 9.78. The van der Waals surface area contributed by atoms with Gasteiger partial charge in [0, 0.05) is 19.2 Å². The fourth-order valence-corrected chi connectivity index (χ4v) is 3.13. The van der Waals surface area contributed by atoms with Crippen LogP contribution in [0.3, 0.4) is 0 Å². The van der Waals surface area contributed by atoms with Gasteiger partial charge in [0.15, 0.2) is 5.82 Å². The number of nitrogens with one attached hydrogen (secondary N) is 2. The maximum Gasteiger partial charge on any atom is 0.230 e. The number of aromatic amines is 1. The third-order valence-corrected chi connectivity index (χ3v) is 4.44. The van der Waals surface area contributed by atoms with Gasteiger partial charge in [0.2, 0.25) is 11.8 Å². The van der Waals surface area contributed by atoms with E-state index in [1.165, 1.54) is 11.0 Å². The SMILES string of the molecule is Cc1ccnc(NC(=O)C2CC(=O)N(c3n[nH]c4cccc(F)c34)C2)c1. The lowest BCUT2D eigenvalue weighted by atomic mass is 10.1. The summed E-state index contributed by atoms with van der Waals surface area (Å²) >= 11 is 0. The predicted octanol–water partition coefficient (Wildman–Crippen LogP) is 2.40. The number of aryl methyl sites for hydroxylation is 1. The Morgan fingerprint density at radius 3 is 3.04 bits per heavy atom. The molecule has 1 aliphatic heterocycles. The van der Waals surface area contributed by atoms with Crippen LogP contribution in [0.5, 0.6) is 0 Å². The van der Waals surface area contributed by atoms with E-state index in [0.717, 1.165) is 5.56 Å². The van der Waals surface area contributed by atoms with Crippen LogP contribution in [0.15, 0.2) is 36.5 Å². The number of hydrogen-bond donors (Lipinski definition) is 2. The summed E-state index contributed by atoms with van der Waals surface area (Å²) in [4.78, 5) is 30.3. The van der Waals surface area contributed by atoms with Crippen LogP contribution in [0, 0.1) is 18.7 Å². The molecule has 2 aromatic heterocycles. The van der Waals surface area contributed by atoms with Crippen molar-refractivity contribution in [2.45, 2.75) is 13.3 Å². The first-order valence-corrected chi connectivity index (χ1v) is 8.19. The maximum atomic E-state index is 14.2. The second-order valence-electron chi connectivity index (χ2n) is 6.32. The third-order valence-electron chi connectivity index (χ3n) is 4.44. The number of aromatic nitrogens is 3. The molecule has 1 unspecified atom stereocenters. The summed E-state index contributed by atoms with van der Waals surface area (Å²) in [5.41, 5.74) is 1.47. The molecule has 3 aromatic rings. The van der Waals surface area contributed by atoms with Gasteiger partial charge in [-0.2, -0.15) is 5.10 Å². The number of anilines is 2. The molecular weight excluding hydrogens is 337 g/mol. The van der Waals surface area contributed by atoms with Crippen LogP contribution in [0.25, 0.3) is 10.9 Å². The summed E-state index contributed by atoms with van der Waals surface area (Å²) < 4.78 is 14.2. The molecule has 2 N–H and O–H groups in total. The molecule has 0 radical (unpaired) electrons. The highest BCUT2D eigenvalue weighted by Crippen LogP contribution is 2.31. The minimum atomic E-state index is -0.552. The highest BCUT2D eigenvalue weighted by atomic mass is 19.1. The average Bonchev–Trinajstić information content (AvgIpc) is 3.19. The van der Waals surface area contributed by atoms with E-state index < -0.39 is 11.7 Å². The van der Waals surface area contributed by atoms with Gasteiger partial charge in [0.25, 0.3) is 0 Å². The Morgan fingerprint density at radius 2 is 2.23 bits per heavy atom. The molecule has 7 nitrogen and oxygen atoms in total. The topological polar surface area (TPSA) is 91.0 Å². The third kappa shape index (κ3) is 2.79. The average molecular weight is 353 g/mol. The molecular formula is C18H16FN5O2. The van der Waals surface area contributed by atoms with Crippen LogP contribution in [-0.2, 0) is 9.59 Å². The largest absolute Gasteiger partial charge is 0.310 e. The first-order valence-electron chi connectivity index (χ1n) is 8.19. The van der Waals surface area contributed by atoms with Crippen LogP contribution in [0.4, 0.5) is 16.0 Å². The first-order chi connectivity index (χ1) is 12.5. The Bertz CT molecular complexity index is 1020. The normalized spacial score (nSPS) is 17.1. The number of carbonyl (C=O) groups is 2. The van der Waals surface area contributed by atoms with Gasteiger partial charge in [-0.3, -0.25) is 19.6 Å². The molecule has 1 atom stereocenters. The van der Waals surface area contributed by atoms with E-state index in [4.69, 9.17) is 0 Å². The summed E-state index contributed by atoms with van der Waals surface area (Å²) in [6, 6.07) is 8.14. The molecule has 0 aliphatic carbocycles. The Hall–Kier alpha value is -3.29. The van der Waals surface area contributed by atoms with E-state index in [9.17, 15) is 14.0 Å². The smallest absolute Gasteiger partial charge is 0.230 e. The Labute approximate surface area is 148 Å². The number of hydrogen-bond acceptors (Lipinski definition) is 4. The molecule has 1 fully saturated rings. The molecule has 0 saturated carbocycles. The number of nitrogens with zero attached hydrogens (tertiary/aromatic N) is 3. The van der Waals surface area contributed by atoms with Crippen molar-refractivity contribution >= 4 is 34.4 Å². The van der Waals surface area contributed by atoms with Crippen molar-refractivity contribution in [2.24, 2.45) is 5.92 Å². The molecule has 26 heavy (non-hydrogen) atoms. The highest BCUT2D eigenvalue weighted by Gasteiger charge is 2.37. The number of pyridine rings is 1. The van der Waals surface area contributed by atoms with Gasteiger partial charge >= 0.3 is 0 Å². The number of halogens is 1. The Morgan fingerprint density at radius 1 is 1.38 bits per heavy atom. The van der Waals surface area contributed by atoms with E-state index in [2.05, 4.69) is 20.5 Å². The van der Waals surface area contributed by atoms with E-state index in [0.29, 0.717) is 11.3 Å². The van der Waals surface area contributed by atoms with E-state index in [1.807, 2.05) is 13.0 Å². The zero-order valence-electron chi connectivity index (χ0n) is 14.0. The number of rotatable bonds is 3. The molecule has 1 saturated heterocycles. The fourth-order valence-electron chi connectivity index (χ4n) is 3.13. The molecule has 4 rings (SSSR count). The maximum absolute atomic E-state index is 14.2. The van der Waals surface area contributed by atoms with E-state index in [-0.39, 0.29) is 36.0 Å². The Balaban J connectivity index is 1.56. The minimum Gasteiger partial charge on any atom is -0.310 e. The Kier molecular flexibility index (Phi) is 3.87. The molecule has 0 bridgehead atoms. The number of fused-ring (bicyclic) bond motifs is 1. The van der Waals surface area contributed by atoms with Crippen molar-refractivity contribution in [3.05, 3.63) is 47.9 Å². The van der Waals surface area contributed by atoms with E-state index in [1.54, 1.807) is 24.4 Å². The molecule has 0 spiro atoms. The van der Waals surface area contributed by atoms with Crippen molar-refractivity contribution in [2.75, 3.05) is 16.8 Å². The van der Waals surface area contributed by atoms with Gasteiger partial charge in [0.05, 0.1) is 16.8 Å².